The van der Waals surface area contributed by atoms with Gasteiger partial charge in [-0.3, -0.25) is 14.7 Å². The van der Waals surface area contributed by atoms with E-state index in [2.05, 4.69) is 32.3 Å². The number of aromatic nitrogens is 1. The van der Waals surface area contributed by atoms with Crippen molar-refractivity contribution >= 4 is 23.1 Å². The van der Waals surface area contributed by atoms with E-state index in [1.54, 1.807) is 6.20 Å². The summed E-state index contributed by atoms with van der Waals surface area (Å²) in [4.78, 5) is 30.3. The molecule has 3 saturated heterocycles. The van der Waals surface area contributed by atoms with Gasteiger partial charge in [0.15, 0.2) is 0 Å². The third-order valence-electron chi connectivity index (χ3n) is 9.96. The molecule has 2 N–H and O–H groups in total. The molecule has 0 aliphatic carbocycles. The lowest BCUT2D eigenvalue weighted by atomic mass is 9.82. The summed E-state index contributed by atoms with van der Waals surface area (Å²) in [6.45, 7) is 13.3. The van der Waals surface area contributed by atoms with Crippen LogP contribution in [0.15, 0.2) is 35.5 Å². The van der Waals surface area contributed by atoms with Gasteiger partial charge in [0.05, 0.1) is 18.4 Å². The van der Waals surface area contributed by atoms with Crippen molar-refractivity contribution in [1.82, 2.24) is 14.8 Å². The predicted octanol–water partition coefficient (Wildman–Crippen LogP) is 3.30. The van der Waals surface area contributed by atoms with Gasteiger partial charge in [-0.15, -0.1) is 0 Å². The van der Waals surface area contributed by atoms with E-state index in [1.807, 2.05) is 18.7 Å². The molecule has 1 spiro atoms. The van der Waals surface area contributed by atoms with Crippen LogP contribution >= 0.6 is 0 Å². The van der Waals surface area contributed by atoms with Gasteiger partial charge in [-0.25, -0.2) is 13.8 Å². The van der Waals surface area contributed by atoms with Crippen molar-refractivity contribution in [3.05, 3.63) is 41.8 Å². The summed E-state index contributed by atoms with van der Waals surface area (Å²) in [6, 6.07) is 2.77. The van der Waals surface area contributed by atoms with Gasteiger partial charge in [-0.05, 0) is 63.8 Å². The molecule has 3 unspecified atom stereocenters. The molecule has 0 radical (unpaired) electrons. The number of carbonyl (C=O) groups is 1. The number of hydrogen-bond acceptors (Lipinski definition) is 8. The molecule has 0 saturated carbocycles. The monoisotopic (exact) mass is 583 g/mol. The Balaban J connectivity index is 1.21. The topological polar surface area (TPSA) is 90.5 Å². The number of piperazine rings is 1. The quantitative estimate of drug-likeness (QED) is 0.532. The van der Waals surface area contributed by atoms with Crippen molar-refractivity contribution in [2.24, 2.45) is 10.7 Å². The lowest BCUT2D eigenvalue weighted by Gasteiger charge is -2.55. The number of pyridine rings is 1. The molecule has 1 amide bonds. The SMILES string of the molecule is C=CC(=O)N1CCN(C2CN3c4cc(N5CCC6(CC5)OCC(C)N=C6/C(C)=C\N)nc(C(F)F)c4CCCC23)CC1. The van der Waals surface area contributed by atoms with Crippen molar-refractivity contribution in [1.29, 1.82) is 0 Å². The molecule has 1 aromatic heterocycles. The third kappa shape index (κ3) is 5.08. The molecule has 0 aromatic carbocycles. The smallest absolute Gasteiger partial charge is 0.280 e. The van der Waals surface area contributed by atoms with Gasteiger partial charge in [-0.1, -0.05) is 6.58 Å². The van der Waals surface area contributed by atoms with Crippen LogP contribution in [0, 0.1) is 0 Å². The Labute approximate surface area is 247 Å². The Morgan fingerprint density at radius 1 is 1.19 bits per heavy atom. The summed E-state index contributed by atoms with van der Waals surface area (Å²) < 4.78 is 35.4. The number of fused-ring (bicyclic) bond motifs is 3. The minimum absolute atomic E-state index is 0.0180. The summed E-state index contributed by atoms with van der Waals surface area (Å²) >= 11 is 0. The largest absolute Gasteiger partial charge is 0.404 e. The summed E-state index contributed by atoms with van der Waals surface area (Å²) in [7, 11) is 0. The Morgan fingerprint density at radius 3 is 2.60 bits per heavy atom. The Kier molecular flexibility index (Phi) is 7.99. The first kappa shape index (κ1) is 29.0. The van der Waals surface area contributed by atoms with Crippen molar-refractivity contribution in [2.75, 3.05) is 62.2 Å². The molecule has 11 heteroatoms. The van der Waals surface area contributed by atoms with Crippen LogP contribution in [0.4, 0.5) is 20.3 Å². The minimum atomic E-state index is -2.63. The summed E-state index contributed by atoms with van der Waals surface area (Å²) in [5, 5.41) is 0. The Hall–Kier alpha value is -3.05. The van der Waals surface area contributed by atoms with E-state index in [0.29, 0.717) is 69.5 Å². The molecule has 6 heterocycles. The van der Waals surface area contributed by atoms with Gasteiger partial charge < -0.3 is 25.2 Å². The molecule has 9 nitrogen and oxygen atoms in total. The van der Waals surface area contributed by atoms with E-state index in [1.165, 1.54) is 6.08 Å². The fraction of sp³-hybridized carbons (Fsp3) is 0.645. The van der Waals surface area contributed by atoms with E-state index >= 15 is 0 Å². The number of hydrogen-bond donors (Lipinski definition) is 1. The van der Waals surface area contributed by atoms with Gasteiger partial charge in [0.2, 0.25) is 5.91 Å². The van der Waals surface area contributed by atoms with Crippen molar-refractivity contribution in [3.63, 3.8) is 0 Å². The number of amides is 1. The summed E-state index contributed by atoms with van der Waals surface area (Å²) in [5.74, 6) is 0.601. The van der Waals surface area contributed by atoms with Crippen LogP contribution in [0.25, 0.3) is 0 Å². The molecular formula is C31H43F2N7O2. The fourth-order valence-corrected chi connectivity index (χ4v) is 7.56. The molecule has 228 valence electrons. The van der Waals surface area contributed by atoms with E-state index in [0.717, 1.165) is 49.4 Å². The van der Waals surface area contributed by atoms with Crippen molar-refractivity contribution in [2.45, 2.75) is 76.1 Å². The van der Waals surface area contributed by atoms with Gasteiger partial charge in [0.25, 0.3) is 6.43 Å². The second-order valence-corrected chi connectivity index (χ2v) is 12.4. The molecule has 42 heavy (non-hydrogen) atoms. The van der Waals surface area contributed by atoms with Gasteiger partial charge in [0, 0.05) is 75.2 Å². The Bertz CT molecular complexity index is 1270. The number of ether oxygens (including phenoxy) is 1. The number of alkyl halides is 2. The van der Waals surface area contributed by atoms with Gasteiger partial charge in [-0.2, -0.15) is 0 Å². The number of nitrogens with two attached hydrogens (primary N) is 1. The van der Waals surface area contributed by atoms with Crippen molar-refractivity contribution < 1.29 is 18.3 Å². The van der Waals surface area contributed by atoms with Crippen LogP contribution < -0.4 is 15.5 Å². The van der Waals surface area contributed by atoms with E-state index in [4.69, 9.17) is 15.5 Å². The van der Waals surface area contributed by atoms with Gasteiger partial charge in [0.1, 0.15) is 17.1 Å². The molecule has 1 aromatic rings. The lowest BCUT2D eigenvalue weighted by molar-refractivity contribution is -0.128. The maximum Gasteiger partial charge on any atom is 0.280 e. The highest BCUT2D eigenvalue weighted by molar-refractivity contribution is 6.06. The minimum Gasteiger partial charge on any atom is -0.404 e. The summed E-state index contributed by atoms with van der Waals surface area (Å²) in [5.41, 5.74) is 8.75. The molecule has 5 aliphatic rings. The molecular weight excluding hydrogens is 540 g/mol. The van der Waals surface area contributed by atoms with Crippen LogP contribution in [0.3, 0.4) is 0 Å². The highest BCUT2D eigenvalue weighted by atomic mass is 19.3. The third-order valence-corrected chi connectivity index (χ3v) is 9.96. The van der Waals surface area contributed by atoms with E-state index in [-0.39, 0.29) is 23.7 Å². The average Bonchev–Trinajstić information content (AvgIpc) is 3.13. The zero-order chi connectivity index (χ0) is 29.6. The first-order valence-corrected chi connectivity index (χ1v) is 15.3. The molecule has 6 rings (SSSR count). The highest BCUT2D eigenvalue weighted by Crippen LogP contribution is 2.44. The fourth-order valence-electron chi connectivity index (χ4n) is 7.56. The second kappa shape index (κ2) is 11.6. The first-order valence-electron chi connectivity index (χ1n) is 15.3. The number of aliphatic imine (C=N–C) groups is 1. The number of halogens is 2. The summed E-state index contributed by atoms with van der Waals surface area (Å²) in [6.07, 6.45) is 4.17. The number of nitrogens with zero attached hydrogens (tertiary/aromatic N) is 6. The van der Waals surface area contributed by atoms with Crippen LogP contribution in [0.1, 0.15) is 57.2 Å². The molecule has 3 atom stereocenters. The first-order chi connectivity index (χ1) is 20.2. The zero-order valence-corrected chi connectivity index (χ0v) is 24.8. The maximum absolute atomic E-state index is 14.5. The number of anilines is 2. The van der Waals surface area contributed by atoms with Gasteiger partial charge >= 0.3 is 0 Å². The van der Waals surface area contributed by atoms with Crippen molar-refractivity contribution in [3.8, 4) is 0 Å². The van der Waals surface area contributed by atoms with Crippen LogP contribution in [0.2, 0.25) is 0 Å². The zero-order valence-electron chi connectivity index (χ0n) is 24.8. The predicted molar refractivity (Wildman–Crippen MR) is 160 cm³/mol. The standard InChI is InChI=1S/C31H43F2N7O2/c1-4-27(41)39-14-12-37(13-15-39)25-18-40-23(25)7-5-6-22-24(40)16-26(36-28(22)30(32)33)38-10-8-31(9-11-38)29(20(2)17-34)35-21(3)19-42-31/h4,16-17,21,23,25,30H,1,5-15,18-19,34H2,2-3H3/b20-17-. The maximum atomic E-state index is 14.5. The number of piperidine rings is 1. The number of rotatable bonds is 5. The molecule has 3 fully saturated rings. The van der Waals surface area contributed by atoms with Crippen LogP contribution in [0.5, 0.6) is 0 Å². The normalized spacial score (nSPS) is 28.1. The highest BCUT2D eigenvalue weighted by Gasteiger charge is 2.47. The molecule has 0 bridgehead atoms. The van der Waals surface area contributed by atoms with E-state index in [9.17, 15) is 13.6 Å². The lowest BCUT2D eigenvalue weighted by Crippen LogP contribution is -2.69. The van der Waals surface area contributed by atoms with E-state index < -0.39 is 12.0 Å². The second-order valence-electron chi connectivity index (χ2n) is 12.4. The number of carbonyl (C=O) groups excluding carboxylic acids is 1. The Morgan fingerprint density at radius 2 is 1.93 bits per heavy atom. The molecule has 5 aliphatic heterocycles. The average molecular weight is 584 g/mol. The van der Waals surface area contributed by atoms with Crippen LogP contribution in [-0.2, 0) is 16.0 Å². The van der Waals surface area contributed by atoms with Crippen LogP contribution in [-0.4, -0.2) is 103 Å².